The van der Waals surface area contributed by atoms with Crippen molar-refractivity contribution in [2.24, 2.45) is 0 Å². The van der Waals surface area contributed by atoms with Crippen molar-refractivity contribution in [1.82, 2.24) is 25.9 Å². The van der Waals surface area contributed by atoms with E-state index < -0.39 is 12.1 Å². The lowest BCUT2D eigenvalue weighted by molar-refractivity contribution is -0.122. The van der Waals surface area contributed by atoms with Crippen molar-refractivity contribution >= 4 is 17.8 Å². The number of rotatable bonds is 5. The summed E-state index contributed by atoms with van der Waals surface area (Å²) in [4.78, 5) is 43.4. The third-order valence-corrected chi connectivity index (χ3v) is 4.40. The van der Waals surface area contributed by atoms with Gasteiger partial charge in [-0.05, 0) is 44.6 Å². The number of hydrogen-bond acceptors (Lipinski definition) is 5. The summed E-state index contributed by atoms with van der Waals surface area (Å²) in [6.45, 7) is 2.26. The van der Waals surface area contributed by atoms with Gasteiger partial charge in [-0.15, -0.1) is 0 Å². The first-order chi connectivity index (χ1) is 11.5. The van der Waals surface area contributed by atoms with Crippen LogP contribution in [0.5, 0.6) is 0 Å². The molecule has 1 fully saturated rings. The van der Waals surface area contributed by atoms with Gasteiger partial charge >= 0.3 is 6.03 Å². The average molecular weight is 331 g/mol. The zero-order chi connectivity index (χ0) is 17.1. The van der Waals surface area contributed by atoms with Crippen LogP contribution in [-0.4, -0.2) is 33.9 Å². The quantitative estimate of drug-likeness (QED) is 0.670. The van der Waals surface area contributed by atoms with Crippen LogP contribution in [0.1, 0.15) is 48.5 Å². The Morgan fingerprint density at radius 3 is 2.79 bits per heavy atom. The molecule has 0 radical (unpaired) electrons. The topological polar surface area (TPSA) is 113 Å². The van der Waals surface area contributed by atoms with Crippen molar-refractivity contribution in [2.75, 3.05) is 0 Å². The Bertz CT molecular complexity index is 689. The molecule has 2 heterocycles. The Labute approximate surface area is 139 Å². The number of imide groups is 1. The third-order valence-electron chi connectivity index (χ3n) is 4.40. The molecular formula is C16H21N5O3. The highest BCUT2D eigenvalue weighted by Crippen LogP contribution is 2.21. The molecular weight excluding hydrogens is 310 g/mol. The number of amides is 4. The summed E-state index contributed by atoms with van der Waals surface area (Å²) in [5.74, 6) is 0.0396. The van der Waals surface area contributed by atoms with E-state index in [1.807, 2.05) is 6.92 Å². The zero-order valence-corrected chi connectivity index (χ0v) is 13.6. The van der Waals surface area contributed by atoms with E-state index in [1.54, 1.807) is 0 Å². The monoisotopic (exact) mass is 331 g/mol. The molecule has 0 bridgehead atoms. The first-order valence-corrected chi connectivity index (χ1v) is 8.26. The second kappa shape index (κ2) is 6.94. The zero-order valence-electron chi connectivity index (χ0n) is 13.6. The van der Waals surface area contributed by atoms with Crippen molar-refractivity contribution in [3.63, 3.8) is 0 Å². The average Bonchev–Trinajstić information content (AvgIpc) is 2.88. The molecule has 1 saturated heterocycles. The Hall–Kier alpha value is -2.51. The van der Waals surface area contributed by atoms with E-state index in [4.69, 9.17) is 0 Å². The van der Waals surface area contributed by atoms with E-state index in [2.05, 4.69) is 25.9 Å². The molecule has 0 spiro atoms. The van der Waals surface area contributed by atoms with E-state index in [1.165, 1.54) is 12.0 Å². The van der Waals surface area contributed by atoms with Crippen LogP contribution in [0.4, 0.5) is 4.79 Å². The van der Waals surface area contributed by atoms with E-state index in [9.17, 15) is 14.4 Å². The van der Waals surface area contributed by atoms with Gasteiger partial charge in [0.2, 0.25) is 5.91 Å². The number of urea groups is 1. The van der Waals surface area contributed by atoms with Crippen LogP contribution in [0.25, 0.3) is 0 Å². The molecule has 4 amide bonds. The van der Waals surface area contributed by atoms with Crippen LogP contribution in [0.15, 0.2) is 0 Å². The number of nitrogens with one attached hydrogen (secondary N) is 3. The minimum absolute atomic E-state index is 0.155. The largest absolute Gasteiger partial charge is 0.349 e. The smallest absolute Gasteiger partial charge is 0.322 e. The Balaban J connectivity index is 1.50. The number of nitrogens with zero attached hydrogens (tertiary/aromatic N) is 2. The molecule has 24 heavy (non-hydrogen) atoms. The molecule has 0 saturated carbocycles. The number of aromatic nitrogens is 2. The van der Waals surface area contributed by atoms with Gasteiger partial charge in [-0.3, -0.25) is 14.9 Å². The lowest BCUT2D eigenvalue weighted by Crippen LogP contribution is -2.32. The first kappa shape index (κ1) is 16.4. The normalized spacial score (nSPS) is 19.5. The fourth-order valence-electron chi connectivity index (χ4n) is 3.13. The van der Waals surface area contributed by atoms with Gasteiger partial charge in [-0.25, -0.2) is 14.8 Å². The van der Waals surface area contributed by atoms with Gasteiger partial charge in [0.15, 0.2) is 0 Å². The number of carbonyl (C=O) groups is 3. The summed E-state index contributed by atoms with van der Waals surface area (Å²) in [6.07, 6.45) is 4.75. The fraction of sp³-hybridized carbons (Fsp3) is 0.562. The molecule has 8 nitrogen and oxygen atoms in total. The summed E-state index contributed by atoms with van der Waals surface area (Å²) in [6, 6.07) is -1.14. The number of aryl methyl sites for hydroxylation is 2. The van der Waals surface area contributed by atoms with Crippen LogP contribution >= 0.6 is 0 Å². The second-order valence-electron chi connectivity index (χ2n) is 6.19. The maximum Gasteiger partial charge on any atom is 0.322 e. The van der Waals surface area contributed by atoms with Crippen LogP contribution < -0.4 is 16.0 Å². The lowest BCUT2D eigenvalue weighted by Gasteiger charge is -2.17. The van der Waals surface area contributed by atoms with Gasteiger partial charge in [-0.1, -0.05) is 0 Å². The maximum absolute atomic E-state index is 11.9. The van der Waals surface area contributed by atoms with E-state index in [0.29, 0.717) is 5.82 Å². The lowest BCUT2D eigenvalue weighted by atomic mass is 9.95. The van der Waals surface area contributed by atoms with Crippen LogP contribution in [0.2, 0.25) is 0 Å². The van der Waals surface area contributed by atoms with Gasteiger partial charge in [0.1, 0.15) is 11.9 Å². The summed E-state index contributed by atoms with van der Waals surface area (Å²) >= 11 is 0. The SMILES string of the molecule is Cc1nc(CNC(=O)CC[C@@H]2NC(=O)NC2=O)nc2c1CCCC2. The van der Waals surface area contributed by atoms with Gasteiger partial charge < -0.3 is 10.6 Å². The Morgan fingerprint density at radius 1 is 1.25 bits per heavy atom. The predicted molar refractivity (Wildman–Crippen MR) is 85.0 cm³/mol. The molecule has 1 atom stereocenters. The molecule has 8 heteroatoms. The molecule has 3 rings (SSSR count). The van der Waals surface area contributed by atoms with Gasteiger partial charge in [-0.2, -0.15) is 0 Å². The molecule has 3 N–H and O–H groups in total. The molecule has 1 aromatic rings. The summed E-state index contributed by atoms with van der Waals surface area (Å²) < 4.78 is 0. The Morgan fingerprint density at radius 2 is 2.04 bits per heavy atom. The number of fused-ring (bicyclic) bond motifs is 1. The van der Waals surface area contributed by atoms with Crippen molar-refractivity contribution < 1.29 is 14.4 Å². The van der Waals surface area contributed by atoms with Crippen LogP contribution in [0, 0.1) is 6.92 Å². The van der Waals surface area contributed by atoms with Crippen molar-refractivity contribution in [2.45, 2.75) is 58.0 Å². The highest BCUT2D eigenvalue weighted by molar-refractivity contribution is 6.04. The fourth-order valence-corrected chi connectivity index (χ4v) is 3.13. The van der Waals surface area contributed by atoms with Crippen molar-refractivity contribution in [3.05, 3.63) is 22.8 Å². The third kappa shape index (κ3) is 3.69. The molecule has 2 aliphatic rings. The minimum atomic E-state index is -0.634. The first-order valence-electron chi connectivity index (χ1n) is 8.26. The number of hydrogen-bond donors (Lipinski definition) is 3. The summed E-state index contributed by atoms with van der Waals surface area (Å²) in [7, 11) is 0. The van der Waals surface area contributed by atoms with Gasteiger partial charge in [0, 0.05) is 17.8 Å². The highest BCUT2D eigenvalue weighted by atomic mass is 16.2. The highest BCUT2D eigenvalue weighted by Gasteiger charge is 2.29. The van der Waals surface area contributed by atoms with Gasteiger partial charge in [0.05, 0.1) is 6.54 Å². The van der Waals surface area contributed by atoms with E-state index in [-0.39, 0.29) is 31.2 Å². The molecule has 1 aromatic heterocycles. The van der Waals surface area contributed by atoms with E-state index in [0.717, 1.165) is 30.7 Å². The van der Waals surface area contributed by atoms with Crippen LogP contribution in [0.3, 0.4) is 0 Å². The number of carbonyl (C=O) groups excluding carboxylic acids is 3. The molecule has 0 unspecified atom stereocenters. The standard InChI is InChI=1S/C16H21N5O3/c1-9-10-4-2-3-5-11(10)19-13(18-9)8-17-14(22)7-6-12-15(23)21-16(24)20-12/h12H,2-8H2,1H3,(H,17,22)(H2,20,21,23,24)/t12-/m0/s1. The predicted octanol–water partition coefficient (Wildman–Crippen LogP) is 0.268. The van der Waals surface area contributed by atoms with Gasteiger partial charge in [0.25, 0.3) is 5.91 Å². The molecule has 0 aromatic carbocycles. The van der Waals surface area contributed by atoms with Crippen molar-refractivity contribution in [3.8, 4) is 0 Å². The maximum atomic E-state index is 11.9. The van der Waals surface area contributed by atoms with Crippen molar-refractivity contribution in [1.29, 1.82) is 0 Å². The molecule has 128 valence electrons. The molecule has 1 aliphatic heterocycles. The second-order valence-corrected chi connectivity index (χ2v) is 6.19. The minimum Gasteiger partial charge on any atom is -0.349 e. The Kier molecular flexibility index (Phi) is 4.73. The summed E-state index contributed by atoms with van der Waals surface area (Å²) in [5, 5.41) is 7.39. The summed E-state index contributed by atoms with van der Waals surface area (Å²) in [5.41, 5.74) is 3.34. The van der Waals surface area contributed by atoms with Crippen LogP contribution in [-0.2, 0) is 29.0 Å². The molecule has 1 aliphatic carbocycles. The van der Waals surface area contributed by atoms with E-state index >= 15 is 0 Å².